The van der Waals surface area contributed by atoms with Crippen LogP contribution in [0.2, 0.25) is 5.02 Å². The van der Waals surface area contributed by atoms with Gasteiger partial charge in [0, 0.05) is 24.5 Å². The number of aliphatic hydroxyl groups is 1. The van der Waals surface area contributed by atoms with E-state index in [1.807, 2.05) is 18.2 Å². The van der Waals surface area contributed by atoms with Gasteiger partial charge in [0.1, 0.15) is 5.82 Å². The van der Waals surface area contributed by atoms with Crippen molar-refractivity contribution in [1.29, 1.82) is 0 Å². The zero-order valence-electron chi connectivity index (χ0n) is 11.4. The minimum atomic E-state index is -0.934. The number of rotatable bonds is 5. The summed E-state index contributed by atoms with van der Waals surface area (Å²) in [5, 5.41) is 10.8. The Kier molecular flexibility index (Phi) is 4.13. The Morgan fingerprint density at radius 3 is 2.84 bits per heavy atom. The van der Waals surface area contributed by atoms with Gasteiger partial charge in [0.2, 0.25) is 0 Å². The quantitative estimate of drug-likeness (QED) is 0.884. The summed E-state index contributed by atoms with van der Waals surface area (Å²) in [4.78, 5) is 4.59. The van der Waals surface area contributed by atoms with Crippen LogP contribution < -0.4 is 5.73 Å². The van der Waals surface area contributed by atoms with Crippen molar-refractivity contribution in [2.24, 2.45) is 5.73 Å². The minimum Gasteiger partial charge on any atom is -0.388 e. The molecule has 0 fully saturated rings. The highest BCUT2D eigenvalue weighted by Gasteiger charge is 2.23. The van der Waals surface area contributed by atoms with Gasteiger partial charge >= 0.3 is 0 Å². The van der Waals surface area contributed by atoms with Gasteiger partial charge in [-0.3, -0.25) is 0 Å². The summed E-state index contributed by atoms with van der Waals surface area (Å²) in [5.41, 5.74) is 6.57. The first-order valence-corrected chi connectivity index (χ1v) is 6.92. The van der Waals surface area contributed by atoms with E-state index in [2.05, 4.69) is 16.5 Å². The van der Waals surface area contributed by atoms with Gasteiger partial charge in [-0.2, -0.15) is 0 Å². The summed E-state index contributed by atoms with van der Waals surface area (Å²) < 4.78 is 2.12. The van der Waals surface area contributed by atoms with Crippen LogP contribution in [0.1, 0.15) is 26.1 Å². The molecule has 0 bridgehead atoms. The molecule has 1 heterocycles. The van der Waals surface area contributed by atoms with Crippen molar-refractivity contribution in [3.63, 3.8) is 0 Å². The molecular weight excluding hydrogens is 262 g/mol. The van der Waals surface area contributed by atoms with E-state index >= 15 is 0 Å². The highest BCUT2D eigenvalue weighted by Crippen LogP contribution is 2.23. The van der Waals surface area contributed by atoms with Gasteiger partial charge in [-0.05, 0) is 31.5 Å². The van der Waals surface area contributed by atoms with E-state index in [9.17, 15) is 5.11 Å². The van der Waals surface area contributed by atoms with E-state index in [-0.39, 0.29) is 6.54 Å². The van der Waals surface area contributed by atoms with Crippen LogP contribution in [0.5, 0.6) is 0 Å². The fraction of sp³-hybridized carbons (Fsp3) is 0.500. The number of fused-ring (bicyclic) bond motifs is 1. The molecule has 0 saturated heterocycles. The maximum atomic E-state index is 10.1. The lowest BCUT2D eigenvalue weighted by atomic mass is 10.0. The van der Waals surface area contributed by atoms with E-state index in [4.69, 9.17) is 17.3 Å². The number of aryl methyl sites for hydroxylation is 1. The molecule has 4 nitrogen and oxygen atoms in total. The second-order valence-electron chi connectivity index (χ2n) is 5.19. The van der Waals surface area contributed by atoms with Crippen molar-refractivity contribution in [2.75, 3.05) is 6.54 Å². The van der Waals surface area contributed by atoms with Gasteiger partial charge in [0.05, 0.1) is 16.6 Å². The number of nitrogens with zero attached hydrogens (tertiary/aromatic N) is 2. The molecule has 1 atom stereocenters. The van der Waals surface area contributed by atoms with Gasteiger partial charge in [-0.1, -0.05) is 18.5 Å². The molecule has 3 N–H and O–H groups in total. The number of hydrogen-bond acceptors (Lipinski definition) is 3. The third-order valence-corrected chi connectivity index (χ3v) is 3.45. The largest absolute Gasteiger partial charge is 0.388 e. The van der Waals surface area contributed by atoms with Crippen LogP contribution in [0.15, 0.2) is 18.2 Å². The smallest absolute Gasteiger partial charge is 0.112 e. The van der Waals surface area contributed by atoms with Crippen LogP contribution in [0, 0.1) is 0 Å². The van der Waals surface area contributed by atoms with Crippen LogP contribution in [0.3, 0.4) is 0 Å². The van der Waals surface area contributed by atoms with E-state index in [0.717, 1.165) is 29.8 Å². The summed E-state index contributed by atoms with van der Waals surface area (Å²) in [6.07, 6.45) is 1.44. The topological polar surface area (TPSA) is 64.1 Å². The number of aromatic nitrogens is 2. The first kappa shape index (κ1) is 14.3. The Hall–Kier alpha value is -1.10. The van der Waals surface area contributed by atoms with Gasteiger partial charge in [-0.15, -0.1) is 0 Å². The molecule has 1 aromatic carbocycles. The molecule has 2 rings (SSSR count). The predicted molar refractivity (Wildman–Crippen MR) is 78.4 cm³/mol. The molecule has 0 aliphatic carbocycles. The van der Waals surface area contributed by atoms with Crippen LogP contribution in [0.25, 0.3) is 11.0 Å². The number of imidazole rings is 1. The second kappa shape index (κ2) is 5.49. The summed E-state index contributed by atoms with van der Waals surface area (Å²) in [5.74, 6) is 0.856. The average Bonchev–Trinajstić information content (AvgIpc) is 2.67. The summed E-state index contributed by atoms with van der Waals surface area (Å²) >= 11 is 6.05. The van der Waals surface area contributed by atoms with Crippen molar-refractivity contribution >= 4 is 22.6 Å². The van der Waals surface area contributed by atoms with Crippen LogP contribution in [0.4, 0.5) is 0 Å². The fourth-order valence-corrected chi connectivity index (χ4v) is 2.33. The molecule has 0 saturated carbocycles. The molecule has 2 aromatic rings. The van der Waals surface area contributed by atoms with E-state index in [1.54, 1.807) is 6.92 Å². The standard InChI is InChI=1S/C14H20ClN3O/c1-3-6-18-12-7-10(15)4-5-11(12)17-13(18)8-14(2,19)9-16/h4-5,7,19H,3,6,8-9,16H2,1-2H3. The highest BCUT2D eigenvalue weighted by atomic mass is 35.5. The van der Waals surface area contributed by atoms with E-state index in [1.165, 1.54) is 0 Å². The Labute approximate surface area is 118 Å². The molecule has 104 valence electrons. The van der Waals surface area contributed by atoms with E-state index < -0.39 is 5.60 Å². The molecule has 0 spiro atoms. The van der Waals surface area contributed by atoms with Gasteiger partial charge in [0.25, 0.3) is 0 Å². The molecule has 5 heteroatoms. The number of halogens is 1. The second-order valence-corrected chi connectivity index (χ2v) is 5.63. The summed E-state index contributed by atoms with van der Waals surface area (Å²) in [6, 6.07) is 5.66. The Morgan fingerprint density at radius 1 is 1.47 bits per heavy atom. The highest BCUT2D eigenvalue weighted by molar-refractivity contribution is 6.31. The molecule has 0 amide bonds. The Bertz CT molecular complexity index is 577. The molecule has 19 heavy (non-hydrogen) atoms. The first-order chi connectivity index (χ1) is 8.96. The van der Waals surface area contributed by atoms with Crippen molar-refractivity contribution in [2.45, 2.75) is 38.8 Å². The van der Waals surface area contributed by atoms with Crippen molar-refractivity contribution in [1.82, 2.24) is 9.55 Å². The van der Waals surface area contributed by atoms with Crippen molar-refractivity contribution < 1.29 is 5.11 Å². The SMILES string of the molecule is CCCn1c(CC(C)(O)CN)nc2ccc(Cl)cc21. The average molecular weight is 282 g/mol. The van der Waals surface area contributed by atoms with Crippen LogP contribution >= 0.6 is 11.6 Å². The third kappa shape index (κ3) is 3.08. The molecule has 0 radical (unpaired) electrons. The van der Waals surface area contributed by atoms with E-state index in [0.29, 0.717) is 11.4 Å². The Morgan fingerprint density at radius 2 is 2.21 bits per heavy atom. The molecule has 0 aliphatic rings. The lowest BCUT2D eigenvalue weighted by Crippen LogP contribution is -2.37. The minimum absolute atomic E-state index is 0.211. The zero-order valence-corrected chi connectivity index (χ0v) is 12.1. The number of hydrogen-bond donors (Lipinski definition) is 2. The predicted octanol–water partition coefficient (Wildman–Crippen LogP) is 2.35. The normalized spacial score (nSPS) is 14.8. The van der Waals surface area contributed by atoms with Gasteiger partial charge in [0.15, 0.2) is 0 Å². The maximum Gasteiger partial charge on any atom is 0.112 e. The lowest BCUT2D eigenvalue weighted by Gasteiger charge is -2.21. The number of benzene rings is 1. The van der Waals surface area contributed by atoms with Crippen LogP contribution in [-0.4, -0.2) is 26.8 Å². The molecule has 1 unspecified atom stereocenters. The number of nitrogens with two attached hydrogens (primary N) is 1. The summed E-state index contributed by atoms with van der Waals surface area (Å²) in [6.45, 7) is 4.91. The van der Waals surface area contributed by atoms with Crippen molar-refractivity contribution in [3.05, 3.63) is 29.0 Å². The monoisotopic (exact) mass is 281 g/mol. The lowest BCUT2D eigenvalue weighted by molar-refractivity contribution is 0.0667. The first-order valence-electron chi connectivity index (χ1n) is 6.54. The molecule has 0 aliphatic heterocycles. The van der Waals surface area contributed by atoms with Crippen molar-refractivity contribution in [3.8, 4) is 0 Å². The van der Waals surface area contributed by atoms with Gasteiger partial charge < -0.3 is 15.4 Å². The van der Waals surface area contributed by atoms with Crippen LogP contribution in [-0.2, 0) is 13.0 Å². The van der Waals surface area contributed by atoms with Gasteiger partial charge in [-0.25, -0.2) is 4.98 Å². The molecular formula is C14H20ClN3O. The third-order valence-electron chi connectivity index (χ3n) is 3.22. The zero-order chi connectivity index (χ0) is 14.0. The fourth-order valence-electron chi connectivity index (χ4n) is 2.17. The molecule has 1 aromatic heterocycles. The summed E-state index contributed by atoms with van der Waals surface area (Å²) in [7, 11) is 0. The Balaban J connectivity index is 2.50. The maximum absolute atomic E-state index is 10.1.